The van der Waals surface area contributed by atoms with E-state index >= 15 is 0 Å². The molecule has 4 fully saturated rings. The molecule has 4 bridgehead atoms. The molecule has 0 aliphatic heterocycles. The van der Waals surface area contributed by atoms with Crippen LogP contribution in [0.3, 0.4) is 0 Å². The molecule has 4 unspecified atom stereocenters. The van der Waals surface area contributed by atoms with Gasteiger partial charge in [0.1, 0.15) is 0 Å². The molecule has 0 N–H and O–H groups in total. The Labute approximate surface area is 69.4 Å². The van der Waals surface area contributed by atoms with Crippen LogP contribution in [0.2, 0.25) is 0 Å². The van der Waals surface area contributed by atoms with Gasteiger partial charge in [-0.25, -0.2) is 0 Å². The molecule has 4 saturated carbocycles. The zero-order valence-corrected chi connectivity index (χ0v) is 7.64. The highest BCUT2D eigenvalue weighted by atomic mass is 14.6. The van der Waals surface area contributed by atoms with Crippen LogP contribution >= 0.6 is 0 Å². The molecule has 0 saturated heterocycles. The lowest BCUT2D eigenvalue weighted by Crippen LogP contribution is -2.30. The Balaban J connectivity index is 2.03. The molecule has 0 radical (unpaired) electrons. The second-order valence-corrected chi connectivity index (χ2v) is 5.69. The second-order valence-electron chi connectivity index (χ2n) is 5.69. The summed E-state index contributed by atoms with van der Waals surface area (Å²) in [5, 5.41) is 0. The van der Waals surface area contributed by atoms with Crippen LogP contribution in [0, 0.1) is 29.1 Å². The molecule has 0 aromatic heterocycles. The fraction of sp³-hybridized carbons (Fsp3) is 1.00. The molecular weight excluding hydrogens is 132 g/mol. The maximum absolute atomic E-state index is 2.52. The lowest BCUT2D eigenvalue weighted by Gasteiger charge is -2.38. The van der Waals surface area contributed by atoms with E-state index in [2.05, 4.69) is 13.8 Å². The van der Waals surface area contributed by atoms with Gasteiger partial charge >= 0.3 is 0 Å². The Morgan fingerprint density at radius 3 is 2.45 bits per heavy atom. The Hall–Kier alpha value is 0. The van der Waals surface area contributed by atoms with Crippen molar-refractivity contribution in [3.05, 3.63) is 0 Å². The van der Waals surface area contributed by atoms with Gasteiger partial charge in [-0.05, 0) is 54.8 Å². The average molecular weight is 150 g/mol. The molecule has 0 aromatic rings. The van der Waals surface area contributed by atoms with E-state index in [0.717, 1.165) is 29.1 Å². The Morgan fingerprint density at radius 2 is 1.82 bits per heavy atom. The molecule has 0 nitrogen and oxygen atoms in total. The van der Waals surface area contributed by atoms with Gasteiger partial charge in [0, 0.05) is 0 Å². The van der Waals surface area contributed by atoms with E-state index in [4.69, 9.17) is 0 Å². The van der Waals surface area contributed by atoms with Crippen LogP contribution < -0.4 is 0 Å². The van der Waals surface area contributed by atoms with Crippen molar-refractivity contribution in [1.82, 2.24) is 0 Å². The van der Waals surface area contributed by atoms with Crippen LogP contribution in [-0.4, -0.2) is 0 Å². The molecule has 0 heterocycles. The van der Waals surface area contributed by atoms with Crippen molar-refractivity contribution in [2.24, 2.45) is 29.1 Å². The molecule has 0 heteroatoms. The van der Waals surface area contributed by atoms with Gasteiger partial charge in [0.2, 0.25) is 0 Å². The summed E-state index contributed by atoms with van der Waals surface area (Å²) >= 11 is 0. The van der Waals surface area contributed by atoms with Gasteiger partial charge in [-0.1, -0.05) is 13.8 Å². The normalized spacial score (nSPS) is 57.3. The monoisotopic (exact) mass is 150 g/mol. The maximum Gasteiger partial charge on any atom is -0.0295 e. The van der Waals surface area contributed by atoms with Crippen molar-refractivity contribution < 1.29 is 0 Å². The molecular formula is C11H18. The first-order valence-electron chi connectivity index (χ1n) is 5.18. The standard InChI is InChI=1S/C11H18/c1-11(2)9-4-7-3-8(6-9)10(11)5-7/h7-10H,3-6H2,1-2H3. The first-order chi connectivity index (χ1) is 5.18. The van der Waals surface area contributed by atoms with Gasteiger partial charge in [-0.15, -0.1) is 0 Å². The highest BCUT2D eigenvalue weighted by molar-refractivity contribution is 5.07. The van der Waals surface area contributed by atoms with E-state index in [1.807, 2.05) is 0 Å². The van der Waals surface area contributed by atoms with E-state index in [1.165, 1.54) is 0 Å². The predicted molar refractivity (Wildman–Crippen MR) is 46.2 cm³/mol. The van der Waals surface area contributed by atoms with E-state index in [9.17, 15) is 0 Å². The van der Waals surface area contributed by atoms with Gasteiger partial charge in [-0.3, -0.25) is 0 Å². The van der Waals surface area contributed by atoms with E-state index in [1.54, 1.807) is 25.7 Å². The molecule has 0 amide bonds. The molecule has 11 heavy (non-hydrogen) atoms. The third kappa shape index (κ3) is 0.625. The van der Waals surface area contributed by atoms with Gasteiger partial charge in [-0.2, -0.15) is 0 Å². The molecule has 62 valence electrons. The summed E-state index contributed by atoms with van der Waals surface area (Å²) < 4.78 is 0. The number of hydrogen-bond acceptors (Lipinski definition) is 0. The Bertz CT molecular complexity index is 188. The van der Waals surface area contributed by atoms with E-state index in [0.29, 0.717) is 0 Å². The third-order valence-electron chi connectivity index (χ3n) is 5.01. The Kier molecular flexibility index (Phi) is 0.990. The minimum atomic E-state index is 0.720. The lowest BCUT2D eigenvalue weighted by atomic mass is 9.67. The van der Waals surface area contributed by atoms with Crippen LogP contribution in [0.15, 0.2) is 0 Å². The predicted octanol–water partition coefficient (Wildman–Crippen LogP) is 3.08. The minimum absolute atomic E-state index is 0.720. The SMILES string of the molecule is CC1(C)C2CC3CC(C2)C1C3. The first kappa shape index (κ1) is 6.51. The number of rotatable bonds is 0. The number of hydrogen-bond donors (Lipinski definition) is 0. The zero-order chi connectivity index (χ0) is 7.64. The summed E-state index contributed by atoms with van der Waals surface area (Å²) in [4.78, 5) is 0. The third-order valence-corrected chi connectivity index (χ3v) is 5.01. The van der Waals surface area contributed by atoms with Crippen molar-refractivity contribution in [2.45, 2.75) is 39.5 Å². The summed E-state index contributed by atoms with van der Waals surface area (Å²) in [5.74, 6) is 4.52. The van der Waals surface area contributed by atoms with Gasteiger partial charge in [0.15, 0.2) is 0 Å². The van der Waals surface area contributed by atoms with Crippen LogP contribution in [0.4, 0.5) is 0 Å². The quantitative estimate of drug-likeness (QED) is 0.498. The fourth-order valence-electron chi connectivity index (χ4n) is 4.38. The van der Waals surface area contributed by atoms with Crippen LogP contribution in [0.5, 0.6) is 0 Å². The maximum atomic E-state index is 2.52. The Morgan fingerprint density at radius 1 is 1.00 bits per heavy atom. The lowest BCUT2D eigenvalue weighted by molar-refractivity contribution is 0.110. The smallest absolute Gasteiger partial charge is 0.0295 e. The summed E-state index contributed by atoms with van der Waals surface area (Å²) in [6.45, 7) is 5.04. The van der Waals surface area contributed by atoms with Crippen LogP contribution in [-0.2, 0) is 0 Å². The highest BCUT2D eigenvalue weighted by Crippen LogP contribution is 2.66. The van der Waals surface area contributed by atoms with Gasteiger partial charge in [0.05, 0.1) is 0 Å². The van der Waals surface area contributed by atoms with Crippen molar-refractivity contribution in [1.29, 1.82) is 0 Å². The summed E-state index contributed by atoms with van der Waals surface area (Å²) in [6, 6.07) is 0. The molecule has 4 aliphatic rings. The highest BCUT2D eigenvalue weighted by Gasteiger charge is 2.57. The van der Waals surface area contributed by atoms with E-state index < -0.39 is 0 Å². The summed E-state index contributed by atoms with van der Waals surface area (Å²) in [6.07, 6.45) is 6.31. The van der Waals surface area contributed by atoms with E-state index in [-0.39, 0.29) is 0 Å². The van der Waals surface area contributed by atoms with Crippen molar-refractivity contribution in [2.75, 3.05) is 0 Å². The van der Waals surface area contributed by atoms with Crippen molar-refractivity contribution in [3.8, 4) is 0 Å². The van der Waals surface area contributed by atoms with Crippen LogP contribution in [0.25, 0.3) is 0 Å². The van der Waals surface area contributed by atoms with Crippen molar-refractivity contribution in [3.63, 3.8) is 0 Å². The topological polar surface area (TPSA) is 0 Å². The molecule has 0 spiro atoms. The summed E-state index contributed by atoms with van der Waals surface area (Å²) in [5.41, 5.74) is 0.720. The van der Waals surface area contributed by atoms with Crippen molar-refractivity contribution >= 4 is 0 Å². The zero-order valence-electron chi connectivity index (χ0n) is 7.64. The van der Waals surface area contributed by atoms with Gasteiger partial charge < -0.3 is 0 Å². The average Bonchev–Trinajstić information content (AvgIpc) is 2.31. The first-order valence-corrected chi connectivity index (χ1v) is 5.18. The van der Waals surface area contributed by atoms with Gasteiger partial charge in [0.25, 0.3) is 0 Å². The molecule has 4 atom stereocenters. The van der Waals surface area contributed by atoms with Crippen LogP contribution in [0.1, 0.15) is 39.5 Å². The minimum Gasteiger partial charge on any atom is -0.0594 e. The molecule has 0 aromatic carbocycles. The molecule has 4 rings (SSSR count). The largest absolute Gasteiger partial charge is 0.0594 e. The summed E-state index contributed by atoms with van der Waals surface area (Å²) in [7, 11) is 0. The fourth-order valence-corrected chi connectivity index (χ4v) is 4.38. The second kappa shape index (κ2) is 1.67. The molecule has 4 aliphatic carbocycles.